The van der Waals surface area contributed by atoms with Crippen molar-refractivity contribution >= 4 is 5.97 Å². The van der Waals surface area contributed by atoms with Crippen LogP contribution in [0.3, 0.4) is 0 Å². The number of carbonyl (C=O) groups excluding carboxylic acids is 1. The van der Waals surface area contributed by atoms with Gasteiger partial charge in [-0.15, -0.1) is 0 Å². The first-order valence-corrected chi connectivity index (χ1v) is 9.49. The fourth-order valence-corrected chi connectivity index (χ4v) is 4.48. The van der Waals surface area contributed by atoms with Crippen molar-refractivity contribution in [2.24, 2.45) is 0 Å². The minimum absolute atomic E-state index is 0.349. The van der Waals surface area contributed by atoms with Crippen LogP contribution in [0.4, 0.5) is 0 Å². The summed E-state index contributed by atoms with van der Waals surface area (Å²) < 4.78 is 17.1. The summed E-state index contributed by atoms with van der Waals surface area (Å²) in [5.41, 5.74) is 0.419. The van der Waals surface area contributed by atoms with E-state index in [1.165, 1.54) is 0 Å². The van der Waals surface area contributed by atoms with E-state index in [9.17, 15) is 4.79 Å². The van der Waals surface area contributed by atoms with Gasteiger partial charge in [0, 0.05) is 0 Å². The Morgan fingerprint density at radius 2 is 1.75 bits per heavy atom. The summed E-state index contributed by atoms with van der Waals surface area (Å²) in [6.45, 7) is 10.7. The van der Waals surface area contributed by atoms with Crippen molar-refractivity contribution < 1.29 is 33.5 Å². The van der Waals surface area contributed by atoms with Crippen LogP contribution in [0.5, 0.6) is 0 Å². The van der Waals surface area contributed by atoms with Crippen molar-refractivity contribution in [3.05, 3.63) is 12.2 Å². The number of ether oxygens (including phenoxy) is 1. The van der Waals surface area contributed by atoms with Gasteiger partial charge in [-0.1, -0.05) is 0 Å². The van der Waals surface area contributed by atoms with Gasteiger partial charge in [0.15, 0.2) is 0 Å². The number of esters is 1. The molecule has 0 aliphatic rings. The number of hydrogen-bond donors (Lipinski definition) is 0. The van der Waals surface area contributed by atoms with E-state index in [-0.39, 0.29) is 5.97 Å². The fourth-order valence-electron chi connectivity index (χ4n) is 1.25. The summed E-state index contributed by atoms with van der Waals surface area (Å²) in [5.74, 6) is -0.349. The van der Waals surface area contributed by atoms with Gasteiger partial charge in [0.2, 0.25) is 0 Å². The molecule has 0 atom stereocenters. The van der Waals surface area contributed by atoms with Crippen molar-refractivity contribution in [3.8, 4) is 0 Å². The average molecular weight is 266 g/mol. The Bertz CT molecular complexity index is 234. The summed E-state index contributed by atoms with van der Waals surface area (Å²) in [7, 11) is 0. The molecule has 16 heavy (non-hydrogen) atoms. The van der Waals surface area contributed by atoms with Gasteiger partial charge in [0.1, 0.15) is 0 Å². The molecule has 0 fully saturated rings. The molecule has 0 aromatic heterocycles. The summed E-state index contributed by atoms with van der Waals surface area (Å²) >= 11 is -2.67. The zero-order chi connectivity index (χ0) is 12.6. The second-order valence-corrected chi connectivity index (χ2v) is 8.89. The molecule has 0 aliphatic heterocycles. The van der Waals surface area contributed by atoms with Gasteiger partial charge in [-0.3, -0.25) is 0 Å². The van der Waals surface area contributed by atoms with E-state index < -0.39 is 17.4 Å². The van der Waals surface area contributed by atoms with Gasteiger partial charge >= 0.3 is 102 Å². The van der Waals surface area contributed by atoms with Crippen molar-refractivity contribution in [2.75, 3.05) is 19.8 Å². The molecule has 0 rings (SSSR count). The zero-order valence-electron chi connectivity index (χ0n) is 10.7. The van der Waals surface area contributed by atoms with Gasteiger partial charge in [-0.25, -0.2) is 0 Å². The van der Waals surface area contributed by atoms with E-state index in [1.54, 1.807) is 6.92 Å². The van der Waals surface area contributed by atoms with E-state index in [1.807, 2.05) is 19.1 Å². The molecule has 0 spiro atoms. The second kappa shape index (κ2) is 8.01. The summed E-state index contributed by atoms with van der Waals surface area (Å²) in [6.07, 6.45) is 0. The molecule has 0 N–H and O–H groups in total. The maximum absolute atomic E-state index is 11.2. The average Bonchev–Trinajstić information content (AvgIpc) is 2.17. The van der Waals surface area contributed by atoms with Crippen LogP contribution >= 0.6 is 0 Å². The molecular weight excluding hydrogens is 244 g/mol. The van der Waals surface area contributed by atoms with Crippen LogP contribution < -0.4 is 0 Å². The number of carbonyl (C=O) groups is 1. The summed E-state index contributed by atoms with van der Waals surface area (Å²) in [4.78, 5) is 11.2. The normalized spacial score (nSPS) is 11.2. The van der Waals surface area contributed by atoms with Crippen LogP contribution in [0, 0.1) is 0 Å². The number of hydrogen-bond acceptors (Lipinski definition) is 4. The Kier molecular flexibility index (Phi) is 7.93. The fraction of sp³-hybridized carbons (Fsp3) is 0.727. The molecule has 0 saturated carbocycles. The molecule has 0 aliphatic carbocycles. The standard InChI is InChI=1S/C6H9O2.2C2H5O.CH3.Ti/c1-4-8-6(7)5(2)3;2*1-2-3;;/h1-2,4H2,3H3;2*2H2,1H3;1H3;/q;2*-1;;+2. The molecule has 0 aromatic rings. The van der Waals surface area contributed by atoms with Crippen molar-refractivity contribution in [1.82, 2.24) is 0 Å². The third-order valence-corrected chi connectivity index (χ3v) is 6.58. The zero-order valence-corrected chi connectivity index (χ0v) is 12.2. The quantitative estimate of drug-likeness (QED) is 0.385. The molecular formula is C11H22O4Ti. The molecule has 0 bridgehead atoms. The Balaban J connectivity index is 4.02. The number of rotatable bonds is 8. The first-order valence-electron chi connectivity index (χ1n) is 5.55. The molecule has 0 amide bonds. The van der Waals surface area contributed by atoms with E-state index in [2.05, 4.69) is 6.58 Å². The monoisotopic (exact) mass is 266 g/mol. The Hall–Kier alpha value is -0.156. The van der Waals surface area contributed by atoms with Gasteiger partial charge in [-0.2, -0.15) is 0 Å². The third kappa shape index (κ3) is 6.43. The van der Waals surface area contributed by atoms with Gasteiger partial charge < -0.3 is 0 Å². The molecule has 4 nitrogen and oxygen atoms in total. The van der Waals surface area contributed by atoms with Gasteiger partial charge in [0.05, 0.1) is 0 Å². The first kappa shape index (κ1) is 15.8. The van der Waals surface area contributed by atoms with E-state index in [0.717, 1.165) is 0 Å². The van der Waals surface area contributed by atoms with E-state index >= 15 is 0 Å². The van der Waals surface area contributed by atoms with Crippen LogP contribution in [0.2, 0.25) is 9.95 Å². The van der Waals surface area contributed by atoms with Crippen LogP contribution in [0.25, 0.3) is 0 Å². The van der Waals surface area contributed by atoms with Crippen molar-refractivity contribution in [1.29, 1.82) is 0 Å². The van der Waals surface area contributed by atoms with Crippen molar-refractivity contribution in [3.63, 3.8) is 0 Å². The third-order valence-electron chi connectivity index (χ3n) is 2.04. The van der Waals surface area contributed by atoms with Gasteiger partial charge in [-0.05, 0) is 0 Å². The van der Waals surface area contributed by atoms with Crippen LogP contribution in [-0.2, 0) is 33.5 Å². The Morgan fingerprint density at radius 3 is 2.12 bits per heavy atom. The van der Waals surface area contributed by atoms with E-state index in [0.29, 0.717) is 30.1 Å². The Morgan fingerprint density at radius 1 is 1.25 bits per heavy atom. The first-order chi connectivity index (χ1) is 7.45. The topological polar surface area (TPSA) is 44.8 Å². The van der Waals surface area contributed by atoms with Crippen LogP contribution in [-0.4, -0.2) is 25.8 Å². The van der Waals surface area contributed by atoms with Gasteiger partial charge in [0.25, 0.3) is 0 Å². The predicted octanol–water partition coefficient (Wildman–Crippen LogP) is 2.63. The molecule has 0 aromatic carbocycles. The minimum atomic E-state index is -2.67. The summed E-state index contributed by atoms with van der Waals surface area (Å²) in [6, 6.07) is 0. The maximum atomic E-state index is 11.2. The molecule has 5 heteroatoms. The molecule has 0 radical (unpaired) electrons. The SMILES string of the molecule is C=C(C)C(=O)OC[CH2][Ti]([CH3])([O]CC)[O]CC. The second-order valence-electron chi connectivity index (χ2n) is 3.67. The van der Waals surface area contributed by atoms with Crippen molar-refractivity contribution in [2.45, 2.75) is 30.7 Å². The van der Waals surface area contributed by atoms with Crippen LogP contribution in [0.15, 0.2) is 12.2 Å². The molecule has 94 valence electrons. The summed E-state index contributed by atoms with van der Waals surface area (Å²) in [5, 5.41) is 2.03. The molecule has 0 saturated heterocycles. The molecule has 0 unspecified atom stereocenters. The predicted molar refractivity (Wildman–Crippen MR) is 59.7 cm³/mol. The van der Waals surface area contributed by atoms with E-state index in [4.69, 9.17) is 11.4 Å². The molecule has 0 heterocycles. The Labute approximate surface area is 102 Å². The van der Waals surface area contributed by atoms with Crippen LogP contribution in [0.1, 0.15) is 20.8 Å².